The maximum Gasteiger partial charge on any atom is 0.237 e. The Morgan fingerprint density at radius 3 is 2.80 bits per heavy atom. The van der Waals surface area contributed by atoms with Gasteiger partial charge in [-0.2, -0.15) is 0 Å². The van der Waals surface area contributed by atoms with E-state index in [4.69, 9.17) is 28.9 Å². The Labute approximate surface area is 133 Å². The first-order valence-corrected chi connectivity index (χ1v) is 7.92. The predicted octanol–water partition coefficient (Wildman–Crippen LogP) is 3.55. The Balaban J connectivity index is 2.00. The minimum atomic E-state index is -0.353. The lowest BCUT2D eigenvalue weighted by Crippen LogP contribution is -2.22. The van der Waals surface area contributed by atoms with Crippen molar-refractivity contribution in [1.29, 1.82) is 0 Å². The normalized spacial score (nSPS) is 12.2. The Hall–Kier alpha value is -1.02. The van der Waals surface area contributed by atoms with Crippen molar-refractivity contribution in [2.75, 3.05) is 11.1 Å². The first-order valence-electron chi connectivity index (χ1n) is 5.47. The number of nitrogens with two attached hydrogens (primary N) is 1. The van der Waals surface area contributed by atoms with E-state index in [1.54, 1.807) is 25.1 Å². The van der Waals surface area contributed by atoms with Crippen LogP contribution in [0.3, 0.4) is 0 Å². The van der Waals surface area contributed by atoms with Crippen LogP contribution in [0.4, 0.5) is 10.8 Å². The summed E-state index contributed by atoms with van der Waals surface area (Å²) in [5.74, 6) is -0.187. The summed E-state index contributed by atoms with van der Waals surface area (Å²) in [5.41, 5.74) is 6.01. The molecule has 9 heteroatoms. The maximum atomic E-state index is 12.1. The van der Waals surface area contributed by atoms with Gasteiger partial charge in [0.1, 0.15) is 0 Å². The zero-order chi connectivity index (χ0) is 14.7. The summed E-state index contributed by atoms with van der Waals surface area (Å²) < 4.78 is 0.646. The molecule has 2 aromatic rings. The molecule has 1 atom stereocenters. The van der Waals surface area contributed by atoms with Crippen LogP contribution in [0, 0.1) is 0 Å². The number of amides is 1. The van der Waals surface area contributed by atoms with Gasteiger partial charge in [-0.05, 0) is 25.1 Å². The molecule has 1 unspecified atom stereocenters. The van der Waals surface area contributed by atoms with E-state index in [1.165, 1.54) is 23.1 Å². The number of carbonyl (C=O) groups is 1. The minimum absolute atomic E-state index is 0.187. The fraction of sp³-hybridized carbons (Fsp3) is 0.182. The fourth-order valence-corrected chi connectivity index (χ4v) is 3.53. The number of nitrogens with zero attached hydrogens (tertiary/aromatic N) is 2. The van der Waals surface area contributed by atoms with Crippen LogP contribution < -0.4 is 11.1 Å². The lowest BCUT2D eigenvalue weighted by atomic mass is 10.3. The Morgan fingerprint density at radius 1 is 1.45 bits per heavy atom. The van der Waals surface area contributed by atoms with E-state index in [0.29, 0.717) is 25.2 Å². The van der Waals surface area contributed by atoms with Gasteiger partial charge in [-0.3, -0.25) is 4.79 Å². The smallest absolute Gasteiger partial charge is 0.237 e. The van der Waals surface area contributed by atoms with Crippen LogP contribution in [0.25, 0.3) is 0 Å². The van der Waals surface area contributed by atoms with Crippen LogP contribution in [-0.2, 0) is 4.79 Å². The van der Waals surface area contributed by atoms with Gasteiger partial charge in [0.05, 0.1) is 16.0 Å². The van der Waals surface area contributed by atoms with Gasteiger partial charge in [-0.1, -0.05) is 46.3 Å². The highest BCUT2D eigenvalue weighted by Crippen LogP contribution is 2.29. The van der Waals surface area contributed by atoms with Crippen LogP contribution >= 0.6 is 46.3 Å². The molecule has 0 bridgehead atoms. The number of thioether (sulfide) groups is 1. The molecule has 1 amide bonds. The first-order chi connectivity index (χ1) is 9.45. The quantitative estimate of drug-likeness (QED) is 0.825. The number of nitrogens with one attached hydrogen (secondary N) is 1. The van der Waals surface area contributed by atoms with E-state index >= 15 is 0 Å². The standard InChI is InChI=1S/C11H10Cl2N4OS2/c1-5(19-11-17-16-10(14)20-11)9(18)15-8-3-2-6(12)4-7(8)13/h2-5H,1H3,(H2,14,16)(H,15,18). The summed E-state index contributed by atoms with van der Waals surface area (Å²) in [4.78, 5) is 12.1. The number of rotatable bonds is 4. The van der Waals surface area contributed by atoms with Gasteiger partial charge in [-0.15, -0.1) is 10.2 Å². The molecule has 20 heavy (non-hydrogen) atoms. The molecule has 0 aliphatic rings. The SMILES string of the molecule is CC(Sc1nnc(N)s1)C(=O)Nc1ccc(Cl)cc1Cl. The molecule has 0 saturated heterocycles. The number of anilines is 2. The minimum Gasteiger partial charge on any atom is -0.374 e. The second-order valence-corrected chi connectivity index (χ2v) is 7.22. The van der Waals surface area contributed by atoms with Crippen LogP contribution in [0.15, 0.2) is 22.5 Å². The average Bonchev–Trinajstić information content (AvgIpc) is 2.78. The first kappa shape index (κ1) is 15.4. The molecule has 0 aliphatic carbocycles. The van der Waals surface area contributed by atoms with Crippen LogP contribution in [0.5, 0.6) is 0 Å². The zero-order valence-corrected chi connectivity index (χ0v) is 13.4. The summed E-state index contributed by atoms with van der Waals surface area (Å²) in [6.45, 7) is 1.77. The zero-order valence-electron chi connectivity index (χ0n) is 10.3. The molecule has 0 spiro atoms. The number of carbonyl (C=O) groups excluding carboxylic acids is 1. The molecule has 0 aliphatic heterocycles. The monoisotopic (exact) mass is 348 g/mol. The number of hydrogen-bond acceptors (Lipinski definition) is 6. The molecule has 3 N–H and O–H groups in total. The van der Waals surface area contributed by atoms with Crippen molar-refractivity contribution in [1.82, 2.24) is 10.2 Å². The molecule has 0 saturated carbocycles. The van der Waals surface area contributed by atoms with Gasteiger partial charge in [0.2, 0.25) is 11.0 Å². The van der Waals surface area contributed by atoms with Crippen molar-refractivity contribution in [3.05, 3.63) is 28.2 Å². The third kappa shape index (κ3) is 3.99. The summed E-state index contributed by atoms with van der Waals surface area (Å²) >= 11 is 14.3. The second-order valence-electron chi connectivity index (χ2n) is 3.78. The van der Waals surface area contributed by atoms with E-state index in [0.717, 1.165) is 0 Å². The van der Waals surface area contributed by atoms with Crippen molar-refractivity contribution < 1.29 is 4.79 Å². The molecule has 5 nitrogen and oxygen atoms in total. The third-order valence-electron chi connectivity index (χ3n) is 2.26. The number of aromatic nitrogens is 2. The molecule has 1 aromatic heterocycles. The highest BCUT2D eigenvalue weighted by atomic mass is 35.5. The third-order valence-corrected chi connectivity index (χ3v) is 4.74. The largest absolute Gasteiger partial charge is 0.374 e. The van der Waals surface area contributed by atoms with E-state index in [1.807, 2.05) is 0 Å². The van der Waals surface area contributed by atoms with E-state index in [9.17, 15) is 4.79 Å². The van der Waals surface area contributed by atoms with E-state index < -0.39 is 0 Å². The number of halogens is 2. The molecule has 2 rings (SSSR count). The summed E-state index contributed by atoms with van der Waals surface area (Å²) in [7, 11) is 0. The average molecular weight is 349 g/mol. The van der Waals surface area contributed by atoms with Crippen LogP contribution in [0.1, 0.15) is 6.92 Å². The summed E-state index contributed by atoms with van der Waals surface area (Å²) in [6, 6.07) is 4.89. The highest BCUT2D eigenvalue weighted by molar-refractivity contribution is 8.02. The lowest BCUT2D eigenvalue weighted by molar-refractivity contribution is -0.115. The van der Waals surface area contributed by atoms with Crippen LogP contribution in [-0.4, -0.2) is 21.4 Å². The lowest BCUT2D eigenvalue weighted by Gasteiger charge is -2.11. The van der Waals surface area contributed by atoms with Gasteiger partial charge in [-0.25, -0.2) is 0 Å². The predicted molar refractivity (Wildman–Crippen MR) is 84.7 cm³/mol. The molecule has 1 aromatic carbocycles. The van der Waals surface area contributed by atoms with Gasteiger partial charge >= 0.3 is 0 Å². The molecule has 106 valence electrons. The van der Waals surface area contributed by atoms with Gasteiger partial charge < -0.3 is 11.1 Å². The highest BCUT2D eigenvalue weighted by Gasteiger charge is 2.17. The molecular weight excluding hydrogens is 339 g/mol. The van der Waals surface area contributed by atoms with Gasteiger partial charge in [0, 0.05) is 5.02 Å². The second kappa shape index (κ2) is 6.62. The molecule has 1 heterocycles. The van der Waals surface area contributed by atoms with Crippen molar-refractivity contribution in [3.63, 3.8) is 0 Å². The molecule has 0 radical (unpaired) electrons. The van der Waals surface area contributed by atoms with Gasteiger partial charge in [0.15, 0.2) is 4.34 Å². The maximum absolute atomic E-state index is 12.1. The van der Waals surface area contributed by atoms with Crippen molar-refractivity contribution in [3.8, 4) is 0 Å². The summed E-state index contributed by atoms with van der Waals surface area (Å²) in [6.07, 6.45) is 0. The Bertz CT molecular complexity index is 635. The van der Waals surface area contributed by atoms with Gasteiger partial charge in [0.25, 0.3) is 0 Å². The number of benzene rings is 1. The van der Waals surface area contributed by atoms with Crippen molar-refractivity contribution in [2.45, 2.75) is 16.5 Å². The van der Waals surface area contributed by atoms with Crippen LogP contribution in [0.2, 0.25) is 10.0 Å². The molecule has 0 fully saturated rings. The van der Waals surface area contributed by atoms with Crippen molar-refractivity contribution in [2.24, 2.45) is 0 Å². The van der Waals surface area contributed by atoms with E-state index in [-0.39, 0.29) is 11.2 Å². The summed E-state index contributed by atoms with van der Waals surface area (Å²) in [5, 5.41) is 11.2. The number of nitrogen functional groups attached to an aromatic ring is 1. The topological polar surface area (TPSA) is 80.9 Å². The Kier molecular flexibility index (Phi) is 5.09. The van der Waals surface area contributed by atoms with Crippen molar-refractivity contribution >= 4 is 63.0 Å². The van der Waals surface area contributed by atoms with E-state index in [2.05, 4.69) is 15.5 Å². The number of hydrogen-bond donors (Lipinski definition) is 2. The molecular formula is C11H10Cl2N4OS2. The Morgan fingerprint density at radius 2 is 2.20 bits per heavy atom. The fourth-order valence-electron chi connectivity index (χ4n) is 1.30.